The van der Waals surface area contributed by atoms with Gasteiger partial charge in [0, 0.05) is 38.0 Å². The standard InChI is InChI=1S/C14H27N3O2/c1-3-16-14(19)12-7-9-17(10-8-12)13(18)6-4-5-11(2)15/h11-12H,3-10,15H2,1-2H3,(H,16,19). The van der Waals surface area contributed by atoms with E-state index in [1.54, 1.807) is 0 Å². The minimum atomic E-state index is 0.0769. The number of hydrogen-bond donors (Lipinski definition) is 2. The Bertz CT molecular complexity index is 297. The predicted octanol–water partition coefficient (Wildman–Crippen LogP) is 0.879. The van der Waals surface area contributed by atoms with Crippen LogP contribution in [0.15, 0.2) is 0 Å². The Balaban J connectivity index is 2.25. The Morgan fingerprint density at radius 1 is 1.37 bits per heavy atom. The number of nitrogens with zero attached hydrogens (tertiary/aromatic N) is 1. The summed E-state index contributed by atoms with van der Waals surface area (Å²) < 4.78 is 0. The lowest BCUT2D eigenvalue weighted by Gasteiger charge is -2.31. The normalized spacial score (nSPS) is 18.2. The Morgan fingerprint density at radius 2 is 2.00 bits per heavy atom. The van der Waals surface area contributed by atoms with Gasteiger partial charge in [-0.3, -0.25) is 9.59 Å². The highest BCUT2D eigenvalue weighted by Gasteiger charge is 2.26. The summed E-state index contributed by atoms with van der Waals surface area (Å²) in [6.45, 7) is 5.98. The fourth-order valence-electron chi connectivity index (χ4n) is 2.44. The fraction of sp³-hybridized carbons (Fsp3) is 0.857. The van der Waals surface area contributed by atoms with Crippen LogP contribution in [-0.4, -0.2) is 42.4 Å². The van der Waals surface area contributed by atoms with Crippen molar-refractivity contribution in [1.29, 1.82) is 0 Å². The Hall–Kier alpha value is -1.10. The van der Waals surface area contributed by atoms with Crippen LogP contribution >= 0.6 is 0 Å². The maximum absolute atomic E-state index is 12.0. The second-order valence-corrected chi connectivity index (χ2v) is 5.42. The summed E-state index contributed by atoms with van der Waals surface area (Å²) in [4.78, 5) is 25.5. The summed E-state index contributed by atoms with van der Waals surface area (Å²) >= 11 is 0. The van der Waals surface area contributed by atoms with Crippen molar-refractivity contribution in [2.24, 2.45) is 11.7 Å². The quantitative estimate of drug-likeness (QED) is 0.751. The van der Waals surface area contributed by atoms with Gasteiger partial charge in [-0.15, -0.1) is 0 Å². The van der Waals surface area contributed by atoms with Gasteiger partial charge in [-0.1, -0.05) is 0 Å². The number of nitrogens with two attached hydrogens (primary N) is 1. The Morgan fingerprint density at radius 3 is 2.53 bits per heavy atom. The van der Waals surface area contributed by atoms with Gasteiger partial charge in [0.25, 0.3) is 0 Å². The second kappa shape index (κ2) is 8.15. The molecule has 19 heavy (non-hydrogen) atoms. The number of hydrogen-bond acceptors (Lipinski definition) is 3. The Labute approximate surface area is 115 Å². The molecule has 5 heteroatoms. The highest BCUT2D eigenvalue weighted by molar-refractivity contribution is 5.80. The molecule has 5 nitrogen and oxygen atoms in total. The lowest BCUT2D eigenvalue weighted by Crippen LogP contribution is -2.43. The molecule has 0 radical (unpaired) electrons. The first kappa shape index (κ1) is 16.0. The average Bonchev–Trinajstić information content (AvgIpc) is 2.38. The molecule has 2 amide bonds. The first-order chi connectivity index (χ1) is 9.04. The molecule has 1 heterocycles. The van der Waals surface area contributed by atoms with Gasteiger partial charge in [-0.05, 0) is 39.5 Å². The van der Waals surface area contributed by atoms with Crippen LogP contribution in [-0.2, 0) is 9.59 Å². The molecule has 0 saturated carbocycles. The zero-order valence-corrected chi connectivity index (χ0v) is 12.2. The van der Waals surface area contributed by atoms with Crippen molar-refractivity contribution in [2.45, 2.75) is 52.0 Å². The molecule has 1 aliphatic heterocycles. The van der Waals surface area contributed by atoms with E-state index in [1.807, 2.05) is 18.7 Å². The van der Waals surface area contributed by atoms with Crippen LogP contribution in [0.2, 0.25) is 0 Å². The van der Waals surface area contributed by atoms with Crippen molar-refractivity contribution < 1.29 is 9.59 Å². The molecule has 1 rings (SSSR count). The average molecular weight is 269 g/mol. The minimum absolute atomic E-state index is 0.0769. The molecule has 1 saturated heterocycles. The van der Waals surface area contributed by atoms with E-state index >= 15 is 0 Å². The third-order valence-corrected chi connectivity index (χ3v) is 3.62. The van der Waals surface area contributed by atoms with Crippen LogP contribution in [0.25, 0.3) is 0 Å². The highest BCUT2D eigenvalue weighted by Crippen LogP contribution is 2.18. The van der Waals surface area contributed by atoms with E-state index in [0.717, 1.165) is 25.7 Å². The van der Waals surface area contributed by atoms with Gasteiger partial charge in [-0.25, -0.2) is 0 Å². The third-order valence-electron chi connectivity index (χ3n) is 3.62. The van der Waals surface area contributed by atoms with E-state index < -0.39 is 0 Å². The number of carbonyl (C=O) groups excluding carboxylic acids is 2. The fourth-order valence-corrected chi connectivity index (χ4v) is 2.44. The van der Waals surface area contributed by atoms with Crippen LogP contribution in [0.4, 0.5) is 0 Å². The van der Waals surface area contributed by atoms with Gasteiger partial charge in [0.1, 0.15) is 0 Å². The van der Waals surface area contributed by atoms with Crippen molar-refractivity contribution in [3.63, 3.8) is 0 Å². The smallest absolute Gasteiger partial charge is 0.223 e. The first-order valence-electron chi connectivity index (χ1n) is 7.35. The number of amides is 2. The molecule has 3 N–H and O–H groups in total. The van der Waals surface area contributed by atoms with Gasteiger partial charge in [0.05, 0.1) is 0 Å². The van der Waals surface area contributed by atoms with Crippen molar-refractivity contribution in [3.05, 3.63) is 0 Å². The maximum Gasteiger partial charge on any atom is 0.223 e. The van der Waals surface area contributed by atoms with E-state index in [0.29, 0.717) is 26.1 Å². The summed E-state index contributed by atoms with van der Waals surface area (Å²) in [5.41, 5.74) is 5.67. The van der Waals surface area contributed by atoms with Gasteiger partial charge < -0.3 is 16.0 Å². The summed E-state index contributed by atoms with van der Waals surface area (Å²) in [7, 11) is 0. The van der Waals surface area contributed by atoms with Crippen LogP contribution in [0, 0.1) is 5.92 Å². The molecule has 0 aliphatic carbocycles. The lowest BCUT2D eigenvalue weighted by molar-refractivity contribution is -0.135. The first-order valence-corrected chi connectivity index (χ1v) is 7.35. The summed E-state index contributed by atoms with van der Waals surface area (Å²) in [5, 5.41) is 2.85. The molecule has 1 aliphatic rings. The zero-order chi connectivity index (χ0) is 14.3. The lowest BCUT2D eigenvalue weighted by atomic mass is 9.95. The molecule has 110 valence electrons. The van der Waals surface area contributed by atoms with Crippen molar-refractivity contribution in [1.82, 2.24) is 10.2 Å². The molecule has 1 unspecified atom stereocenters. The largest absolute Gasteiger partial charge is 0.356 e. The van der Waals surface area contributed by atoms with Crippen molar-refractivity contribution in [2.75, 3.05) is 19.6 Å². The number of likely N-dealkylation sites (tertiary alicyclic amines) is 1. The molecule has 0 spiro atoms. The van der Waals surface area contributed by atoms with Crippen LogP contribution < -0.4 is 11.1 Å². The molecule has 0 aromatic carbocycles. The molecule has 0 bridgehead atoms. The summed E-state index contributed by atoms with van der Waals surface area (Å²) in [5.74, 6) is 0.412. The van der Waals surface area contributed by atoms with Crippen molar-refractivity contribution in [3.8, 4) is 0 Å². The summed E-state index contributed by atoms with van der Waals surface area (Å²) in [6, 6.07) is 0.163. The van der Waals surface area contributed by atoms with E-state index in [-0.39, 0.29) is 23.8 Å². The SMILES string of the molecule is CCNC(=O)C1CCN(C(=O)CCCC(C)N)CC1. The topological polar surface area (TPSA) is 75.4 Å². The monoisotopic (exact) mass is 269 g/mol. The molecular weight excluding hydrogens is 242 g/mol. The van der Waals surface area contributed by atoms with Crippen LogP contribution in [0.1, 0.15) is 46.0 Å². The highest BCUT2D eigenvalue weighted by atomic mass is 16.2. The second-order valence-electron chi connectivity index (χ2n) is 5.42. The van der Waals surface area contributed by atoms with E-state index in [4.69, 9.17) is 5.73 Å². The number of nitrogens with one attached hydrogen (secondary N) is 1. The van der Waals surface area contributed by atoms with Crippen molar-refractivity contribution >= 4 is 11.8 Å². The zero-order valence-electron chi connectivity index (χ0n) is 12.2. The molecular formula is C14H27N3O2. The number of rotatable bonds is 6. The number of carbonyl (C=O) groups is 2. The molecule has 0 aromatic rings. The van der Waals surface area contributed by atoms with Gasteiger partial charge in [0.2, 0.25) is 11.8 Å². The maximum atomic E-state index is 12.0. The summed E-state index contributed by atoms with van der Waals surface area (Å²) in [6.07, 6.45) is 3.89. The van der Waals surface area contributed by atoms with Crippen LogP contribution in [0.5, 0.6) is 0 Å². The minimum Gasteiger partial charge on any atom is -0.356 e. The van der Waals surface area contributed by atoms with E-state index in [2.05, 4.69) is 5.32 Å². The molecule has 1 fully saturated rings. The third kappa shape index (κ3) is 5.59. The molecule has 0 aromatic heterocycles. The predicted molar refractivity (Wildman–Crippen MR) is 75.5 cm³/mol. The number of piperidine rings is 1. The molecule has 1 atom stereocenters. The van der Waals surface area contributed by atoms with E-state index in [1.165, 1.54) is 0 Å². The van der Waals surface area contributed by atoms with Gasteiger partial charge in [-0.2, -0.15) is 0 Å². The van der Waals surface area contributed by atoms with Gasteiger partial charge >= 0.3 is 0 Å². The van der Waals surface area contributed by atoms with Crippen LogP contribution in [0.3, 0.4) is 0 Å². The van der Waals surface area contributed by atoms with E-state index in [9.17, 15) is 9.59 Å². The van der Waals surface area contributed by atoms with Gasteiger partial charge in [0.15, 0.2) is 0 Å². The Kier molecular flexibility index (Phi) is 6.84.